The minimum absolute atomic E-state index is 0.323. The Hall–Kier alpha value is -2.39. The zero-order valence-corrected chi connectivity index (χ0v) is 14.0. The van der Waals surface area contributed by atoms with Gasteiger partial charge in [-0.05, 0) is 38.7 Å². The number of benzene rings is 2. The van der Waals surface area contributed by atoms with Gasteiger partial charge < -0.3 is 10.2 Å². The summed E-state index contributed by atoms with van der Waals surface area (Å²) in [5.41, 5.74) is 4.54. The third-order valence-corrected chi connectivity index (χ3v) is 4.14. The van der Waals surface area contributed by atoms with Gasteiger partial charge in [0.1, 0.15) is 0 Å². The number of nitrogens with one attached hydrogen (secondary N) is 1. The fourth-order valence-electron chi connectivity index (χ4n) is 2.93. The number of anilines is 1. The smallest absolute Gasteiger partial charge is 0.0725 e. The molecule has 3 rings (SSSR count). The van der Waals surface area contributed by atoms with Crippen molar-refractivity contribution in [2.75, 3.05) is 26.0 Å². The van der Waals surface area contributed by atoms with Crippen LogP contribution in [0.1, 0.15) is 17.3 Å². The number of aromatic nitrogens is 1. The second-order valence-electron chi connectivity index (χ2n) is 6.10. The zero-order valence-electron chi connectivity index (χ0n) is 14.0. The Balaban J connectivity index is 1.87. The summed E-state index contributed by atoms with van der Waals surface area (Å²) in [6.07, 6.45) is 0. The summed E-state index contributed by atoms with van der Waals surface area (Å²) in [7, 11) is 4.24. The summed E-state index contributed by atoms with van der Waals surface area (Å²) in [5.74, 6) is 0. The van der Waals surface area contributed by atoms with E-state index in [0.29, 0.717) is 6.04 Å². The Kier molecular flexibility index (Phi) is 4.58. The molecule has 1 N–H and O–H groups in total. The average molecular weight is 305 g/mol. The van der Waals surface area contributed by atoms with Gasteiger partial charge in [0.2, 0.25) is 0 Å². The van der Waals surface area contributed by atoms with Crippen LogP contribution in [0.2, 0.25) is 0 Å². The normalized spacial score (nSPS) is 12.5. The number of hydrogen-bond acceptors (Lipinski definition) is 3. The maximum absolute atomic E-state index is 4.61. The van der Waals surface area contributed by atoms with Gasteiger partial charge in [-0.1, -0.05) is 48.5 Å². The number of rotatable bonds is 5. The summed E-state index contributed by atoms with van der Waals surface area (Å²) in [6.45, 7) is 2.89. The Morgan fingerprint density at radius 2 is 1.70 bits per heavy atom. The topological polar surface area (TPSA) is 28.2 Å². The fourth-order valence-corrected chi connectivity index (χ4v) is 2.93. The van der Waals surface area contributed by atoms with E-state index >= 15 is 0 Å². The third kappa shape index (κ3) is 3.51. The molecule has 23 heavy (non-hydrogen) atoms. The quantitative estimate of drug-likeness (QED) is 0.763. The zero-order chi connectivity index (χ0) is 16.2. The molecular formula is C20H23N3. The van der Waals surface area contributed by atoms with Crippen LogP contribution in [0.25, 0.3) is 10.9 Å². The number of nitrogens with zero attached hydrogens (tertiary/aromatic N) is 2. The van der Waals surface area contributed by atoms with Crippen LogP contribution in [0.15, 0.2) is 60.7 Å². The molecule has 2 aromatic carbocycles. The molecule has 1 atom stereocenters. The highest BCUT2D eigenvalue weighted by molar-refractivity contribution is 5.91. The summed E-state index contributed by atoms with van der Waals surface area (Å²) >= 11 is 0. The molecule has 3 nitrogen and oxygen atoms in total. The van der Waals surface area contributed by atoms with Crippen LogP contribution in [0, 0.1) is 6.92 Å². The molecule has 0 saturated carbocycles. The molecule has 3 heteroatoms. The number of fused-ring (bicyclic) bond motifs is 1. The first kappa shape index (κ1) is 15.5. The molecule has 1 heterocycles. The molecule has 0 radical (unpaired) electrons. The van der Waals surface area contributed by atoms with Crippen molar-refractivity contribution < 1.29 is 0 Å². The van der Waals surface area contributed by atoms with E-state index in [0.717, 1.165) is 23.4 Å². The van der Waals surface area contributed by atoms with Crippen LogP contribution < -0.4 is 5.32 Å². The first-order valence-electron chi connectivity index (χ1n) is 7.97. The van der Waals surface area contributed by atoms with Gasteiger partial charge in [0.25, 0.3) is 0 Å². The highest BCUT2D eigenvalue weighted by Gasteiger charge is 2.14. The van der Waals surface area contributed by atoms with Crippen LogP contribution in [-0.4, -0.2) is 30.5 Å². The predicted molar refractivity (Wildman–Crippen MR) is 97.8 cm³/mol. The molecule has 0 bridgehead atoms. The van der Waals surface area contributed by atoms with Gasteiger partial charge in [-0.3, -0.25) is 4.98 Å². The third-order valence-electron chi connectivity index (χ3n) is 4.14. The van der Waals surface area contributed by atoms with E-state index in [9.17, 15) is 0 Å². The SMILES string of the molecule is Cc1cc(NC[C@H](c2ccccc2)N(C)C)c2ccccc2n1. The van der Waals surface area contributed by atoms with Gasteiger partial charge >= 0.3 is 0 Å². The van der Waals surface area contributed by atoms with Crippen LogP contribution in [0.5, 0.6) is 0 Å². The Bertz CT molecular complexity index is 781. The Morgan fingerprint density at radius 3 is 2.43 bits per heavy atom. The minimum Gasteiger partial charge on any atom is -0.383 e. The number of para-hydroxylation sites is 1. The van der Waals surface area contributed by atoms with Crippen LogP contribution >= 0.6 is 0 Å². The predicted octanol–water partition coefficient (Wildman–Crippen LogP) is 4.26. The lowest BCUT2D eigenvalue weighted by molar-refractivity contribution is 0.312. The molecule has 0 aliphatic rings. The summed E-state index contributed by atoms with van der Waals surface area (Å²) in [6, 6.07) is 21.3. The monoisotopic (exact) mass is 305 g/mol. The molecule has 0 fully saturated rings. The average Bonchev–Trinajstić information content (AvgIpc) is 2.55. The Labute approximate surface area is 138 Å². The van der Waals surface area contributed by atoms with Crippen molar-refractivity contribution in [1.29, 1.82) is 0 Å². The lowest BCUT2D eigenvalue weighted by Gasteiger charge is -2.26. The first-order chi connectivity index (χ1) is 11.1. The van der Waals surface area contributed by atoms with E-state index in [-0.39, 0.29) is 0 Å². The standard InChI is InChI=1S/C20H23N3/c1-15-13-19(17-11-7-8-12-18(17)22-15)21-14-20(23(2)3)16-9-5-4-6-10-16/h4-13,20H,14H2,1-3H3,(H,21,22)/t20-/m1/s1. The van der Waals surface area contributed by atoms with Gasteiger partial charge in [0, 0.05) is 23.3 Å². The van der Waals surface area contributed by atoms with Gasteiger partial charge in [0.05, 0.1) is 11.6 Å². The number of likely N-dealkylation sites (N-methyl/N-ethyl adjacent to an activating group) is 1. The fraction of sp³-hybridized carbons (Fsp3) is 0.250. The molecule has 0 amide bonds. The molecular weight excluding hydrogens is 282 g/mol. The highest BCUT2D eigenvalue weighted by Crippen LogP contribution is 2.25. The van der Waals surface area contributed by atoms with Crippen molar-refractivity contribution in [2.24, 2.45) is 0 Å². The van der Waals surface area contributed by atoms with Crippen LogP contribution in [0.4, 0.5) is 5.69 Å². The van der Waals surface area contributed by atoms with Gasteiger partial charge in [-0.15, -0.1) is 0 Å². The maximum atomic E-state index is 4.61. The van der Waals surface area contributed by atoms with Crippen molar-refractivity contribution in [1.82, 2.24) is 9.88 Å². The lowest BCUT2D eigenvalue weighted by atomic mass is 10.1. The van der Waals surface area contributed by atoms with Gasteiger partial charge in [-0.25, -0.2) is 0 Å². The summed E-state index contributed by atoms with van der Waals surface area (Å²) < 4.78 is 0. The van der Waals surface area contributed by atoms with Crippen molar-refractivity contribution in [3.8, 4) is 0 Å². The van der Waals surface area contributed by atoms with E-state index in [4.69, 9.17) is 0 Å². The van der Waals surface area contributed by atoms with Crippen molar-refractivity contribution >= 4 is 16.6 Å². The first-order valence-corrected chi connectivity index (χ1v) is 7.97. The summed E-state index contributed by atoms with van der Waals surface area (Å²) in [5, 5.41) is 4.80. The molecule has 0 unspecified atom stereocenters. The van der Waals surface area contributed by atoms with E-state index in [1.54, 1.807) is 0 Å². The van der Waals surface area contributed by atoms with Crippen LogP contribution in [-0.2, 0) is 0 Å². The molecule has 3 aromatic rings. The minimum atomic E-state index is 0.323. The van der Waals surface area contributed by atoms with Gasteiger partial charge in [-0.2, -0.15) is 0 Å². The summed E-state index contributed by atoms with van der Waals surface area (Å²) in [4.78, 5) is 6.85. The number of pyridine rings is 1. The molecule has 1 aromatic heterocycles. The molecule has 0 saturated heterocycles. The number of hydrogen-bond donors (Lipinski definition) is 1. The Morgan fingerprint density at radius 1 is 1.00 bits per heavy atom. The van der Waals surface area contributed by atoms with Crippen molar-refractivity contribution in [3.05, 3.63) is 71.9 Å². The molecule has 118 valence electrons. The van der Waals surface area contributed by atoms with E-state index in [1.807, 2.05) is 13.0 Å². The number of aryl methyl sites for hydroxylation is 1. The largest absolute Gasteiger partial charge is 0.383 e. The molecule has 0 aliphatic heterocycles. The molecule has 0 spiro atoms. The van der Waals surface area contributed by atoms with E-state index < -0.39 is 0 Å². The molecule has 0 aliphatic carbocycles. The second-order valence-corrected chi connectivity index (χ2v) is 6.10. The lowest BCUT2D eigenvalue weighted by Crippen LogP contribution is -2.26. The second kappa shape index (κ2) is 6.80. The van der Waals surface area contributed by atoms with Crippen molar-refractivity contribution in [3.63, 3.8) is 0 Å². The van der Waals surface area contributed by atoms with Gasteiger partial charge in [0.15, 0.2) is 0 Å². The van der Waals surface area contributed by atoms with Crippen molar-refractivity contribution in [2.45, 2.75) is 13.0 Å². The highest BCUT2D eigenvalue weighted by atomic mass is 15.1. The maximum Gasteiger partial charge on any atom is 0.0725 e. The van der Waals surface area contributed by atoms with E-state index in [2.05, 4.69) is 83.9 Å². The van der Waals surface area contributed by atoms with Crippen LogP contribution in [0.3, 0.4) is 0 Å². The van der Waals surface area contributed by atoms with E-state index in [1.165, 1.54) is 10.9 Å².